The number of carbonyl (C=O) groups excluding carboxylic acids is 1. The number of rotatable bonds is 3. The lowest BCUT2D eigenvalue weighted by molar-refractivity contribution is 0.0917. The zero-order valence-corrected chi connectivity index (χ0v) is 13.7. The molecular formula is C19H23N3O. The molecule has 1 aromatic carbocycles. The lowest BCUT2D eigenvalue weighted by atomic mass is 10.0. The van der Waals surface area contributed by atoms with Crippen molar-refractivity contribution in [3.63, 3.8) is 0 Å². The van der Waals surface area contributed by atoms with Crippen LogP contribution in [0.4, 0.5) is 0 Å². The highest BCUT2D eigenvalue weighted by Crippen LogP contribution is 2.18. The fourth-order valence-corrected chi connectivity index (χ4v) is 2.91. The Kier molecular flexibility index (Phi) is 4.72. The van der Waals surface area contributed by atoms with Gasteiger partial charge in [0.25, 0.3) is 5.91 Å². The summed E-state index contributed by atoms with van der Waals surface area (Å²) in [7, 11) is 2.12. The molecular weight excluding hydrogens is 286 g/mol. The minimum absolute atomic E-state index is 0.0169. The molecule has 0 saturated carbocycles. The SMILES string of the molecule is Cc1ccnc(-c2ccc(C(=O)NC3CCN(C)CC3)cc2)c1. The number of carbonyl (C=O) groups is 1. The van der Waals surface area contributed by atoms with Gasteiger partial charge in [-0.2, -0.15) is 0 Å². The van der Waals surface area contributed by atoms with Crippen molar-refractivity contribution >= 4 is 5.91 Å². The molecule has 1 amide bonds. The summed E-state index contributed by atoms with van der Waals surface area (Å²) >= 11 is 0. The number of likely N-dealkylation sites (tertiary alicyclic amines) is 1. The van der Waals surface area contributed by atoms with Gasteiger partial charge in [0.15, 0.2) is 0 Å². The zero-order chi connectivity index (χ0) is 16.2. The lowest BCUT2D eigenvalue weighted by Crippen LogP contribution is -2.43. The number of benzene rings is 1. The van der Waals surface area contributed by atoms with Crippen LogP contribution in [0.1, 0.15) is 28.8 Å². The first-order valence-corrected chi connectivity index (χ1v) is 8.14. The molecule has 0 atom stereocenters. The minimum atomic E-state index is 0.0169. The van der Waals surface area contributed by atoms with Gasteiger partial charge in [0, 0.05) is 23.4 Å². The number of nitrogens with zero attached hydrogens (tertiary/aromatic N) is 2. The van der Waals surface area contributed by atoms with Crippen molar-refractivity contribution in [1.29, 1.82) is 0 Å². The van der Waals surface area contributed by atoms with E-state index >= 15 is 0 Å². The maximum atomic E-state index is 12.4. The molecule has 1 aliphatic heterocycles. The maximum absolute atomic E-state index is 12.4. The summed E-state index contributed by atoms with van der Waals surface area (Å²) in [6.45, 7) is 4.14. The van der Waals surface area contributed by atoms with Gasteiger partial charge in [0.1, 0.15) is 0 Å². The molecule has 3 rings (SSSR count). The summed E-state index contributed by atoms with van der Waals surface area (Å²) in [5.74, 6) is 0.0169. The summed E-state index contributed by atoms with van der Waals surface area (Å²) in [6, 6.07) is 12.0. The van der Waals surface area contributed by atoms with E-state index in [9.17, 15) is 4.79 Å². The predicted molar refractivity (Wildman–Crippen MR) is 92.4 cm³/mol. The third-order valence-corrected chi connectivity index (χ3v) is 4.41. The van der Waals surface area contributed by atoms with Crippen molar-refractivity contribution < 1.29 is 4.79 Å². The standard InChI is InChI=1S/C19H23N3O/c1-14-7-10-20-18(13-14)15-3-5-16(6-4-15)19(23)21-17-8-11-22(2)12-9-17/h3-7,10,13,17H,8-9,11-12H2,1-2H3,(H,21,23). The molecule has 1 aliphatic rings. The van der Waals surface area contributed by atoms with E-state index in [0.29, 0.717) is 5.56 Å². The molecule has 0 bridgehead atoms. The second-order valence-corrected chi connectivity index (χ2v) is 6.35. The van der Waals surface area contributed by atoms with E-state index in [1.807, 2.05) is 42.6 Å². The van der Waals surface area contributed by atoms with Gasteiger partial charge >= 0.3 is 0 Å². The minimum Gasteiger partial charge on any atom is -0.349 e. The number of aromatic nitrogens is 1. The van der Waals surface area contributed by atoms with E-state index in [-0.39, 0.29) is 11.9 Å². The second-order valence-electron chi connectivity index (χ2n) is 6.35. The van der Waals surface area contributed by atoms with E-state index in [2.05, 4.69) is 29.2 Å². The molecule has 2 aromatic rings. The van der Waals surface area contributed by atoms with Gasteiger partial charge in [-0.05, 0) is 69.7 Å². The fraction of sp³-hybridized carbons (Fsp3) is 0.368. The topological polar surface area (TPSA) is 45.2 Å². The monoisotopic (exact) mass is 309 g/mol. The number of nitrogens with one attached hydrogen (secondary N) is 1. The van der Waals surface area contributed by atoms with Crippen LogP contribution >= 0.6 is 0 Å². The highest BCUT2D eigenvalue weighted by molar-refractivity contribution is 5.94. The highest BCUT2D eigenvalue weighted by atomic mass is 16.1. The van der Waals surface area contributed by atoms with Gasteiger partial charge in [0.05, 0.1) is 5.69 Å². The quantitative estimate of drug-likeness (QED) is 0.948. The molecule has 0 unspecified atom stereocenters. The number of piperidine rings is 1. The molecule has 4 nitrogen and oxygen atoms in total. The van der Waals surface area contributed by atoms with E-state index in [1.165, 1.54) is 5.56 Å². The molecule has 1 aromatic heterocycles. The van der Waals surface area contributed by atoms with Crippen molar-refractivity contribution in [3.05, 3.63) is 53.7 Å². The molecule has 23 heavy (non-hydrogen) atoms. The Morgan fingerprint density at radius 1 is 1.17 bits per heavy atom. The Balaban J connectivity index is 1.66. The number of aryl methyl sites for hydroxylation is 1. The maximum Gasteiger partial charge on any atom is 0.251 e. The van der Waals surface area contributed by atoms with E-state index in [4.69, 9.17) is 0 Å². The van der Waals surface area contributed by atoms with Gasteiger partial charge in [-0.3, -0.25) is 9.78 Å². The molecule has 0 spiro atoms. The summed E-state index contributed by atoms with van der Waals surface area (Å²) in [4.78, 5) is 19.0. The van der Waals surface area contributed by atoms with Gasteiger partial charge in [-0.1, -0.05) is 12.1 Å². The van der Waals surface area contributed by atoms with Crippen LogP contribution in [0.25, 0.3) is 11.3 Å². The first-order chi connectivity index (χ1) is 11.1. The fourth-order valence-electron chi connectivity index (χ4n) is 2.91. The normalized spacial score (nSPS) is 16.3. The number of amides is 1. The molecule has 120 valence electrons. The molecule has 0 aliphatic carbocycles. The van der Waals surface area contributed by atoms with Crippen LogP contribution in [0, 0.1) is 6.92 Å². The van der Waals surface area contributed by atoms with Gasteiger partial charge in [0.2, 0.25) is 0 Å². The molecule has 0 radical (unpaired) electrons. The van der Waals surface area contributed by atoms with E-state index in [1.54, 1.807) is 0 Å². The average molecular weight is 309 g/mol. The van der Waals surface area contributed by atoms with Gasteiger partial charge in [-0.15, -0.1) is 0 Å². The summed E-state index contributed by atoms with van der Waals surface area (Å²) in [5.41, 5.74) is 3.86. The van der Waals surface area contributed by atoms with Crippen LogP contribution in [-0.2, 0) is 0 Å². The summed E-state index contributed by atoms with van der Waals surface area (Å²) in [6.07, 6.45) is 3.85. The second kappa shape index (κ2) is 6.92. The molecule has 1 fully saturated rings. The number of pyridine rings is 1. The Bertz CT molecular complexity index is 673. The van der Waals surface area contributed by atoms with Crippen LogP contribution in [-0.4, -0.2) is 42.0 Å². The average Bonchev–Trinajstić information content (AvgIpc) is 2.57. The summed E-state index contributed by atoms with van der Waals surface area (Å²) in [5, 5.41) is 3.14. The van der Waals surface area contributed by atoms with Gasteiger partial charge in [-0.25, -0.2) is 0 Å². The van der Waals surface area contributed by atoms with Crippen LogP contribution in [0.3, 0.4) is 0 Å². The van der Waals surface area contributed by atoms with Gasteiger partial charge < -0.3 is 10.2 Å². The zero-order valence-electron chi connectivity index (χ0n) is 13.7. The smallest absolute Gasteiger partial charge is 0.251 e. The van der Waals surface area contributed by atoms with Crippen molar-refractivity contribution in [2.45, 2.75) is 25.8 Å². The van der Waals surface area contributed by atoms with Crippen molar-refractivity contribution in [1.82, 2.24) is 15.2 Å². The van der Waals surface area contributed by atoms with E-state index in [0.717, 1.165) is 37.2 Å². The van der Waals surface area contributed by atoms with E-state index < -0.39 is 0 Å². The molecule has 2 heterocycles. The van der Waals surface area contributed by atoms with Crippen molar-refractivity contribution in [3.8, 4) is 11.3 Å². The third kappa shape index (κ3) is 3.96. The first kappa shape index (κ1) is 15.7. The highest BCUT2D eigenvalue weighted by Gasteiger charge is 2.19. The van der Waals surface area contributed by atoms with Crippen LogP contribution in [0.2, 0.25) is 0 Å². The van der Waals surface area contributed by atoms with Crippen LogP contribution in [0.15, 0.2) is 42.6 Å². The Morgan fingerprint density at radius 3 is 2.52 bits per heavy atom. The van der Waals surface area contributed by atoms with Crippen molar-refractivity contribution in [2.24, 2.45) is 0 Å². The summed E-state index contributed by atoms with van der Waals surface area (Å²) < 4.78 is 0. The first-order valence-electron chi connectivity index (χ1n) is 8.14. The Hall–Kier alpha value is -2.20. The number of hydrogen-bond donors (Lipinski definition) is 1. The molecule has 1 saturated heterocycles. The molecule has 1 N–H and O–H groups in total. The Morgan fingerprint density at radius 2 is 1.87 bits per heavy atom. The molecule has 4 heteroatoms. The predicted octanol–water partition coefficient (Wildman–Crippen LogP) is 2.88. The van der Waals surface area contributed by atoms with Crippen LogP contribution < -0.4 is 5.32 Å². The van der Waals surface area contributed by atoms with Crippen molar-refractivity contribution in [2.75, 3.05) is 20.1 Å². The van der Waals surface area contributed by atoms with Crippen LogP contribution in [0.5, 0.6) is 0 Å². The number of hydrogen-bond acceptors (Lipinski definition) is 3. The lowest BCUT2D eigenvalue weighted by Gasteiger charge is -2.29. The largest absolute Gasteiger partial charge is 0.349 e. The Labute approximate surface area is 137 Å². The third-order valence-electron chi connectivity index (χ3n) is 4.41.